The number of rotatable bonds is 2. The molecule has 4 nitrogen and oxygen atoms in total. The third-order valence-electron chi connectivity index (χ3n) is 3.92. The predicted octanol–water partition coefficient (Wildman–Crippen LogP) is 3.21. The number of carboxylic acids is 1. The first-order valence-corrected chi connectivity index (χ1v) is 7.66. The van der Waals surface area contributed by atoms with Crippen LogP contribution in [-0.4, -0.2) is 28.4 Å². The molecule has 0 saturated carbocycles. The molecule has 21 heavy (non-hydrogen) atoms. The normalized spacial score (nSPS) is 17.4. The highest BCUT2D eigenvalue weighted by molar-refractivity contribution is 7.10. The van der Waals surface area contributed by atoms with Crippen molar-refractivity contribution < 1.29 is 14.7 Å². The first kappa shape index (κ1) is 13.8. The summed E-state index contributed by atoms with van der Waals surface area (Å²) >= 11 is 1.74. The molecule has 0 fully saturated rings. The molecule has 3 rings (SSSR count). The van der Waals surface area contributed by atoms with Gasteiger partial charge in [-0.25, -0.2) is 4.79 Å². The number of fused-ring (bicyclic) bond motifs is 1. The Kier molecular flexibility index (Phi) is 3.51. The molecule has 1 atom stereocenters. The molecular weight excluding hydrogens is 286 g/mol. The van der Waals surface area contributed by atoms with Crippen molar-refractivity contribution in [3.63, 3.8) is 0 Å². The van der Waals surface area contributed by atoms with Gasteiger partial charge in [-0.3, -0.25) is 4.79 Å². The molecule has 2 aromatic rings. The molecule has 0 bridgehead atoms. The van der Waals surface area contributed by atoms with Crippen molar-refractivity contribution in [3.05, 3.63) is 57.3 Å². The van der Waals surface area contributed by atoms with Crippen molar-refractivity contribution in [2.24, 2.45) is 0 Å². The lowest BCUT2D eigenvalue weighted by Crippen LogP contribution is -2.38. The largest absolute Gasteiger partial charge is 0.478 e. The van der Waals surface area contributed by atoms with E-state index in [0.29, 0.717) is 12.1 Å². The van der Waals surface area contributed by atoms with E-state index in [-0.39, 0.29) is 17.5 Å². The van der Waals surface area contributed by atoms with Crippen LogP contribution in [0.2, 0.25) is 0 Å². The fourth-order valence-corrected chi connectivity index (χ4v) is 3.67. The minimum Gasteiger partial charge on any atom is -0.478 e. The summed E-state index contributed by atoms with van der Waals surface area (Å²) in [5, 5.41) is 11.0. The molecule has 0 radical (unpaired) electrons. The van der Waals surface area contributed by atoms with Gasteiger partial charge in [-0.15, -0.1) is 11.3 Å². The van der Waals surface area contributed by atoms with Crippen LogP contribution in [0.3, 0.4) is 0 Å². The molecule has 108 valence electrons. The van der Waals surface area contributed by atoms with Gasteiger partial charge in [0.15, 0.2) is 0 Å². The summed E-state index contributed by atoms with van der Waals surface area (Å²) in [6.07, 6.45) is 0.885. The van der Waals surface area contributed by atoms with E-state index < -0.39 is 5.97 Å². The average molecular weight is 301 g/mol. The maximum Gasteiger partial charge on any atom is 0.335 e. The molecule has 1 amide bonds. The molecule has 0 spiro atoms. The SMILES string of the molecule is CC1c2ccsc2CCN1C(=O)c1ccc(C(=O)O)cc1. The Bertz CT molecular complexity index is 690. The van der Waals surface area contributed by atoms with E-state index in [2.05, 4.69) is 11.4 Å². The summed E-state index contributed by atoms with van der Waals surface area (Å²) in [7, 11) is 0. The van der Waals surface area contributed by atoms with E-state index in [0.717, 1.165) is 6.42 Å². The van der Waals surface area contributed by atoms with Gasteiger partial charge in [0, 0.05) is 17.0 Å². The molecule has 0 saturated heterocycles. The number of benzene rings is 1. The van der Waals surface area contributed by atoms with E-state index in [1.165, 1.54) is 22.6 Å². The quantitative estimate of drug-likeness (QED) is 0.926. The highest BCUT2D eigenvalue weighted by Gasteiger charge is 2.28. The van der Waals surface area contributed by atoms with Crippen molar-refractivity contribution in [2.75, 3.05) is 6.54 Å². The number of carboxylic acid groups (broad SMARTS) is 1. The number of nitrogens with zero attached hydrogens (tertiary/aromatic N) is 1. The van der Waals surface area contributed by atoms with Crippen molar-refractivity contribution in [1.82, 2.24) is 4.90 Å². The van der Waals surface area contributed by atoms with Crippen LogP contribution < -0.4 is 0 Å². The number of carbonyl (C=O) groups excluding carboxylic acids is 1. The zero-order chi connectivity index (χ0) is 15.0. The summed E-state index contributed by atoms with van der Waals surface area (Å²) in [6.45, 7) is 2.74. The number of amides is 1. The van der Waals surface area contributed by atoms with Gasteiger partial charge < -0.3 is 10.0 Å². The topological polar surface area (TPSA) is 57.6 Å². The van der Waals surface area contributed by atoms with Crippen molar-refractivity contribution in [3.8, 4) is 0 Å². The number of aromatic carboxylic acids is 1. The number of hydrogen-bond donors (Lipinski definition) is 1. The molecular formula is C16H15NO3S. The predicted molar refractivity (Wildman–Crippen MR) is 80.9 cm³/mol. The van der Waals surface area contributed by atoms with Gasteiger partial charge >= 0.3 is 5.97 Å². The summed E-state index contributed by atoms with van der Waals surface area (Å²) < 4.78 is 0. The highest BCUT2D eigenvalue weighted by Crippen LogP contribution is 2.33. The Hall–Kier alpha value is -2.14. The molecule has 1 aliphatic rings. The Labute approximate surface area is 126 Å². The van der Waals surface area contributed by atoms with Gasteiger partial charge in [0.05, 0.1) is 11.6 Å². The van der Waals surface area contributed by atoms with Crippen LogP contribution >= 0.6 is 11.3 Å². The van der Waals surface area contributed by atoms with Gasteiger partial charge in [0.25, 0.3) is 5.91 Å². The molecule has 1 aliphatic heterocycles. The second-order valence-electron chi connectivity index (χ2n) is 5.11. The fraction of sp³-hybridized carbons (Fsp3) is 0.250. The minimum atomic E-state index is -0.983. The Morgan fingerprint density at radius 2 is 1.86 bits per heavy atom. The monoisotopic (exact) mass is 301 g/mol. The fourth-order valence-electron chi connectivity index (χ4n) is 2.71. The maximum absolute atomic E-state index is 12.6. The van der Waals surface area contributed by atoms with Crippen molar-refractivity contribution >= 4 is 23.2 Å². The number of hydrogen-bond acceptors (Lipinski definition) is 3. The standard InChI is InChI=1S/C16H15NO3S/c1-10-13-7-9-21-14(13)6-8-17(10)15(18)11-2-4-12(5-3-11)16(19)20/h2-5,7,9-10H,6,8H2,1H3,(H,19,20). The molecule has 0 aliphatic carbocycles. The summed E-state index contributed by atoms with van der Waals surface area (Å²) in [5.74, 6) is -1.03. The maximum atomic E-state index is 12.6. The Morgan fingerprint density at radius 1 is 1.19 bits per heavy atom. The summed E-state index contributed by atoms with van der Waals surface area (Å²) in [6, 6.07) is 8.26. The van der Waals surface area contributed by atoms with Crippen molar-refractivity contribution in [1.29, 1.82) is 0 Å². The van der Waals surface area contributed by atoms with E-state index in [9.17, 15) is 9.59 Å². The Morgan fingerprint density at radius 3 is 2.52 bits per heavy atom. The van der Waals surface area contributed by atoms with Gasteiger partial charge in [-0.05, 0) is 54.6 Å². The van der Waals surface area contributed by atoms with Gasteiger partial charge in [0.2, 0.25) is 0 Å². The van der Waals surface area contributed by atoms with Crippen LogP contribution in [0.5, 0.6) is 0 Å². The van der Waals surface area contributed by atoms with Gasteiger partial charge in [-0.1, -0.05) is 0 Å². The second kappa shape index (κ2) is 5.33. The third kappa shape index (κ3) is 2.45. The zero-order valence-electron chi connectivity index (χ0n) is 11.6. The van der Waals surface area contributed by atoms with E-state index in [1.54, 1.807) is 23.5 Å². The van der Waals surface area contributed by atoms with Crippen LogP contribution in [0.4, 0.5) is 0 Å². The lowest BCUT2D eigenvalue weighted by atomic mass is 10.00. The lowest BCUT2D eigenvalue weighted by Gasteiger charge is -2.33. The molecule has 2 heterocycles. The zero-order valence-corrected chi connectivity index (χ0v) is 12.4. The van der Waals surface area contributed by atoms with Crippen LogP contribution in [0.15, 0.2) is 35.7 Å². The molecule has 1 N–H and O–H groups in total. The van der Waals surface area contributed by atoms with Crippen molar-refractivity contribution in [2.45, 2.75) is 19.4 Å². The minimum absolute atomic E-state index is 0.0451. The summed E-state index contributed by atoms with van der Waals surface area (Å²) in [5.41, 5.74) is 1.95. The number of thiophene rings is 1. The smallest absolute Gasteiger partial charge is 0.335 e. The lowest BCUT2D eigenvalue weighted by molar-refractivity contribution is 0.0671. The van der Waals surface area contributed by atoms with Gasteiger partial charge in [-0.2, -0.15) is 0 Å². The van der Waals surface area contributed by atoms with E-state index in [4.69, 9.17) is 5.11 Å². The molecule has 1 aromatic heterocycles. The average Bonchev–Trinajstić information content (AvgIpc) is 2.96. The molecule has 1 aromatic carbocycles. The van der Waals surface area contributed by atoms with Crippen LogP contribution in [0, 0.1) is 0 Å². The first-order valence-electron chi connectivity index (χ1n) is 6.78. The summed E-state index contributed by atoms with van der Waals surface area (Å²) in [4.78, 5) is 26.7. The molecule has 5 heteroatoms. The van der Waals surface area contributed by atoms with Crippen LogP contribution in [0.25, 0.3) is 0 Å². The second-order valence-corrected chi connectivity index (χ2v) is 6.11. The Balaban J connectivity index is 1.84. The third-order valence-corrected chi connectivity index (χ3v) is 4.91. The first-order chi connectivity index (χ1) is 10.1. The molecule has 1 unspecified atom stereocenters. The van der Waals surface area contributed by atoms with Gasteiger partial charge in [0.1, 0.15) is 0 Å². The van der Waals surface area contributed by atoms with E-state index >= 15 is 0 Å². The van der Waals surface area contributed by atoms with Crippen LogP contribution in [0.1, 0.15) is 44.1 Å². The number of carbonyl (C=O) groups is 2. The highest BCUT2D eigenvalue weighted by atomic mass is 32.1. The van der Waals surface area contributed by atoms with Crippen LogP contribution in [-0.2, 0) is 6.42 Å². The van der Waals surface area contributed by atoms with E-state index in [1.807, 2.05) is 11.8 Å².